The van der Waals surface area contributed by atoms with Crippen LogP contribution in [0.5, 0.6) is 0 Å². The van der Waals surface area contributed by atoms with Crippen LogP contribution in [0.4, 0.5) is 0 Å². The van der Waals surface area contributed by atoms with E-state index >= 15 is 0 Å². The molecule has 1 atom stereocenters. The molecule has 1 unspecified atom stereocenters. The molecule has 1 aliphatic heterocycles. The van der Waals surface area contributed by atoms with Crippen molar-refractivity contribution < 1.29 is 0 Å². The molecule has 30 heavy (non-hydrogen) atoms. The Bertz CT molecular complexity index is 1350. The first-order valence-corrected chi connectivity index (χ1v) is 10.8. The minimum absolute atomic E-state index is 0.00303. The first kappa shape index (κ1) is 18.8. The van der Waals surface area contributed by atoms with Crippen LogP contribution in [0.3, 0.4) is 0 Å². The van der Waals surface area contributed by atoms with E-state index in [0.29, 0.717) is 22.5 Å². The van der Waals surface area contributed by atoms with E-state index in [1.807, 2.05) is 67.6 Å². The Morgan fingerprint density at radius 1 is 1.07 bits per heavy atom. The lowest BCUT2D eigenvalue weighted by molar-refractivity contribution is 0.876. The number of aromatic nitrogens is 2. The minimum atomic E-state index is -0.0517. The van der Waals surface area contributed by atoms with Gasteiger partial charge < -0.3 is 0 Å². The van der Waals surface area contributed by atoms with Crippen LogP contribution in [0, 0.1) is 13.8 Å². The maximum absolute atomic E-state index is 13.5. The highest BCUT2D eigenvalue weighted by Gasteiger charge is 2.21. The van der Waals surface area contributed by atoms with E-state index in [9.17, 15) is 4.79 Å². The summed E-state index contributed by atoms with van der Waals surface area (Å²) in [6.07, 6.45) is 7.99. The molecule has 0 saturated carbocycles. The highest BCUT2D eigenvalue weighted by Crippen LogP contribution is 2.25. The third kappa shape index (κ3) is 3.23. The van der Waals surface area contributed by atoms with E-state index in [-0.39, 0.29) is 11.6 Å². The third-order valence-electron chi connectivity index (χ3n) is 5.44. The number of amidine groups is 1. The number of allylic oxidation sites excluding steroid dienone is 2. The fraction of sp³-hybridized carbons (Fsp3) is 0.167. The highest BCUT2D eigenvalue weighted by molar-refractivity contribution is 8.13. The normalized spacial score (nSPS) is 17.2. The average molecular weight is 413 g/mol. The van der Waals surface area contributed by atoms with Crippen molar-refractivity contribution in [3.05, 3.63) is 94.1 Å². The zero-order valence-electron chi connectivity index (χ0n) is 16.7. The predicted octanol–water partition coefficient (Wildman–Crippen LogP) is 4.54. The molecule has 0 radical (unpaired) electrons. The van der Waals surface area contributed by atoms with E-state index in [1.165, 1.54) is 11.8 Å². The molecule has 0 spiro atoms. The van der Waals surface area contributed by atoms with Gasteiger partial charge in [-0.05, 0) is 49.2 Å². The Hall–Kier alpha value is -3.25. The zero-order chi connectivity index (χ0) is 20.7. The maximum Gasteiger partial charge on any atom is 0.265 e. The van der Waals surface area contributed by atoms with Gasteiger partial charge in [-0.1, -0.05) is 54.3 Å². The number of para-hydroxylation sites is 1. The number of aryl methyl sites for hydroxylation is 1. The molecule has 0 N–H and O–H groups in total. The lowest BCUT2D eigenvalue weighted by atomic mass is 10.1. The van der Waals surface area contributed by atoms with E-state index in [0.717, 1.165) is 27.7 Å². The van der Waals surface area contributed by atoms with E-state index in [2.05, 4.69) is 23.0 Å². The van der Waals surface area contributed by atoms with Gasteiger partial charge in [0.1, 0.15) is 11.9 Å². The SMILES string of the molecule is Cc1cccc(-n2c(CSC3=NC4C=CC=CC4=N3)nc3ccccc3c2=O)c1C. The van der Waals surface area contributed by atoms with Gasteiger partial charge in [-0.2, -0.15) is 0 Å². The highest BCUT2D eigenvalue weighted by atomic mass is 32.2. The largest absolute Gasteiger partial charge is 0.268 e. The Labute approximate surface area is 178 Å². The molecule has 0 amide bonds. The van der Waals surface area contributed by atoms with Crippen molar-refractivity contribution in [1.82, 2.24) is 9.55 Å². The van der Waals surface area contributed by atoms with Crippen molar-refractivity contribution in [3.63, 3.8) is 0 Å². The molecule has 2 heterocycles. The van der Waals surface area contributed by atoms with Gasteiger partial charge in [0.25, 0.3) is 5.56 Å². The molecule has 2 aliphatic rings. The number of rotatable bonds is 3. The Morgan fingerprint density at radius 2 is 1.93 bits per heavy atom. The van der Waals surface area contributed by atoms with Crippen LogP contribution in [0.1, 0.15) is 17.0 Å². The molecule has 0 fully saturated rings. The molecule has 0 bridgehead atoms. The third-order valence-corrected chi connectivity index (χ3v) is 6.30. The predicted molar refractivity (Wildman–Crippen MR) is 125 cm³/mol. The summed E-state index contributed by atoms with van der Waals surface area (Å²) in [4.78, 5) is 27.6. The monoisotopic (exact) mass is 412 g/mol. The molecule has 148 valence electrons. The van der Waals surface area contributed by atoms with E-state index in [4.69, 9.17) is 4.98 Å². The summed E-state index contributed by atoms with van der Waals surface area (Å²) in [7, 11) is 0. The fourth-order valence-corrected chi connectivity index (χ4v) is 4.50. The molecule has 5 rings (SSSR count). The van der Waals surface area contributed by atoms with Crippen LogP contribution in [-0.2, 0) is 5.75 Å². The van der Waals surface area contributed by atoms with E-state index < -0.39 is 0 Å². The molecular weight excluding hydrogens is 392 g/mol. The number of hydrogen-bond acceptors (Lipinski definition) is 5. The van der Waals surface area contributed by atoms with Crippen LogP contribution in [0.2, 0.25) is 0 Å². The van der Waals surface area contributed by atoms with Gasteiger partial charge in [-0.25, -0.2) is 15.0 Å². The molecule has 6 heteroatoms. The summed E-state index contributed by atoms with van der Waals surface area (Å²) < 4.78 is 1.74. The second-order valence-corrected chi connectivity index (χ2v) is 8.27. The van der Waals surface area contributed by atoms with Crippen molar-refractivity contribution in [1.29, 1.82) is 0 Å². The first-order valence-electron chi connectivity index (χ1n) is 9.83. The van der Waals surface area contributed by atoms with Crippen LogP contribution in [-0.4, -0.2) is 26.5 Å². The summed E-state index contributed by atoms with van der Waals surface area (Å²) in [5.41, 5.74) is 4.69. The molecule has 2 aromatic carbocycles. The molecule has 5 nitrogen and oxygen atoms in total. The van der Waals surface area contributed by atoms with Crippen molar-refractivity contribution in [2.24, 2.45) is 9.98 Å². The number of nitrogens with zero attached hydrogens (tertiary/aromatic N) is 4. The standard InChI is InChI=1S/C24H20N4OS/c1-15-8-7-13-21(16(15)2)28-22(25-18-10-4-3-9-17(18)23(28)29)14-30-24-26-19-11-5-6-12-20(19)27-24/h3-13,19H,14H2,1-2H3. The van der Waals surface area contributed by atoms with Gasteiger partial charge in [-0.3, -0.25) is 9.36 Å². The number of hydrogen-bond donors (Lipinski definition) is 0. The van der Waals surface area contributed by atoms with Crippen molar-refractivity contribution in [2.75, 3.05) is 0 Å². The summed E-state index contributed by atoms with van der Waals surface area (Å²) in [5, 5.41) is 1.34. The molecule has 1 aliphatic carbocycles. The topological polar surface area (TPSA) is 59.6 Å². The fourth-order valence-electron chi connectivity index (χ4n) is 3.69. The van der Waals surface area contributed by atoms with Gasteiger partial charge in [0, 0.05) is 0 Å². The molecule has 3 aromatic rings. The van der Waals surface area contributed by atoms with Crippen LogP contribution in [0.15, 0.2) is 81.5 Å². The van der Waals surface area contributed by atoms with Crippen LogP contribution >= 0.6 is 11.8 Å². The Kier molecular flexibility index (Phi) is 4.71. The van der Waals surface area contributed by atoms with Crippen LogP contribution in [0.25, 0.3) is 16.6 Å². The number of fused-ring (bicyclic) bond motifs is 2. The lowest BCUT2D eigenvalue weighted by Crippen LogP contribution is -2.24. The van der Waals surface area contributed by atoms with Gasteiger partial charge in [0.05, 0.1) is 28.1 Å². The minimum Gasteiger partial charge on any atom is -0.268 e. The second-order valence-electron chi connectivity index (χ2n) is 7.33. The van der Waals surface area contributed by atoms with Gasteiger partial charge in [0.2, 0.25) is 0 Å². The Balaban J connectivity index is 1.60. The number of benzene rings is 2. The summed E-state index contributed by atoms with van der Waals surface area (Å²) >= 11 is 1.51. The van der Waals surface area contributed by atoms with Crippen molar-refractivity contribution in [3.8, 4) is 5.69 Å². The smallest absolute Gasteiger partial charge is 0.265 e. The summed E-state index contributed by atoms with van der Waals surface area (Å²) in [6.45, 7) is 4.10. The summed E-state index contributed by atoms with van der Waals surface area (Å²) in [6, 6.07) is 13.5. The van der Waals surface area contributed by atoms with Gasteiger partial charge in [0.15, 0.2) is 5.17 Å². The van der Waals surface area contributed by atoms with Gasteiger partial charge >= 0.3 is 0 Å². The zero-order valence-corrected chi connectivity index (χ0v) is 17.6. The second kappa shape index (κ2) is 7.54. The van der Waals surface area contributed by atoms with E-state index in [1.54, 1.807) is 4.57 Å². The summed E-state index contributed by atoms with van der Waals surface area (Å²) in [5.74, 6) is 1.20. The Morgan fingerprint density at radius 3 is 2.80 bits per heavy atom. The quantitative estimate of drug-likeness (QED) is 0.635. The van der Waals surface area contributed by atoms with Crippen molar-refractivity contribution in [2.45, 2.75) is 25.6 Å². The number of aliphatic imine (C=N–C) groups is 2. The lowest BCUT2D eigenvalue weighted by Gasteiger charge is -2.16. The molecule has 1 aromatic heterocycles. The molecular formula is C24H20N4OS. The van der Waals surface area contributed by atoms with Crippen LogP contribution < -0.4 is 5.56 Å². The maximum atomic E-state index is 13.5. The first-order chi connectivity index (χ1) is 14.6. The van der Waals surface area contributed by atoms with Crippen molar-refractivity contribution >= 4 is 33.5 Å². The average Bonchev–Trinajstić information content (AvgIpc) is 3.18. The number of thioether (sulfide) groups is 1. The molecule has 0 saturated heterocycles. The van der Waals surface area contributed by atoms with Gasteiger partial charge in [-0.15, -0.1) is 0 Å².